The van der Waals surface area contributed by atoms with Gasteiger partial charge in [-0.3, -0.25) is 9.78 Å². The normalized spacial score (nSPS) is 10.1. The third-order valence-electron chi connectivity index (χ3n) is 2.50. The Morgan fingerprint density at radius 3 is 2.84 bits per heavy atom. The van der Waals surface area contributed by atoms with Crippen molar-refractivity contribution in [3.63, 3.8) is 0 Å². The molecule has 0 aliphatic rings. The Labute approximate surface area is 110 Å². The van der Waals surface area contributed by atoms with E-state index in [1.807, 2.05) is 18.2 Å². The number of nitrogens with two attached hydrogens (primary N) is 2. The molecule has 0 aliphatic heterocycles. The molecule has 2 rings (SSSR count). The Morgan fingerprint density at radius 1 is 1.32 bits per heavy atom. The number of carbonyl (C=O) groups excluding carboxylic acids is 1. The lowest BCUT2D eigenvalue weighted by Gasteiger charge is -2.09. The molecule has 98 valence electrons. The van der Waals surface area contributed by atoms with Gasteiger partial charge in [-0.15, -0.1) is 0 Å². The van der Waals surface area contributed by atoms with Crippen LogP contribution in [-0.4, -0.2) is 22.5 Å². The van der Waals surface area contributed by atoms with E-state index in [1.165, 1.54) is 12.3 Å². The van der Waals surface area contributed by atoms with E-state index in [2.05, 4.69) is 9.97 Å². The van der Waals surface area contributed by atoms with Gasteiger partial charge in [-0.25, -0.2) is 4.98 Å². The monoisotopic (exact) mass is 258 g/mol. The van der Waals surface area contributed by atoms with Crippen LogP contribution in [0.1, 0.15) is 16.1 Å². The number of aromatic nitrogens is 2. The summed E-state index contributed by atoms with van der Waals surface area (Å²) < 4.78 is 5.50. The molecule has 2 heterocycles. The number of amides is 1. The first-order chi connectivity index (χ1) is 9.16. The molecule has 2 aromatic rings. The molecule has 0 spiro atoms. The maximum Gasteiger partial charge on any atom is 0.252 e. The summed E-state index contributed by atoms with van der Waals surface area (Å²) in [6.07, 6.45) is 3.74. The first-order valence-electron chi connectivity index (χ1n) is 5.75. The lowest BCUT2D eigenvalue weighted by molar-refractivity contribution is 0.0996. The molecule has 0 aromatic carbocycles. The zero-order valence-electron chi connectivity index (χ0n) is 10.2. The number of carbonyl (C=O) groups is 1. The minimum atomic E-state index is -0.595. The summed E-state index contributed by atoms with van der Waals surface area (Å²) in [7, 11) is 0. The molecule has 6 nitrogen and oxygen atoms in total. The first-order valence-corrected chi connectivity index (χ1v) is 5.75. The van der Waals surface area contributed by atoms with E-state index in [-0.39, 0.29) is 11.4 Å². The van der Waals surface area contributed by atoms with Gasteiger partial charge >= 0.3 is 0 Å². The second-order valence-corrected chi connectivity index (χ2v) is 3.89. The molecule has 0 saturated heterocycles. The van der Waals surface area contributed by atoms with Gasteiger partial charge in [-0.1, -0.05) is 6.07 Å². The van der Waals surface area contributed by atoms with E-state index in [0.29, 0.717) is 18.8 Å². The highest BCUT2D eigenvalue weighted by atomic mass is 16.5. The largest absolute Gasteiger partial charge is 0.491 e. The summed E-state index contributed by atoms with van der Waals surface area (Å²) in [5.41, 5.74) is 11.9. The number of hydrogen-bond acceptors (Lipinski definition) is 5. The van der Waals surface area contributed by atoms with Crippen molar-refractivity contribution in [2.45, 2.75) is 6.42 Å². The van der Waals surface area contributed by atoms with Crippen LogP contribution in [-0.2, 0) is 6.42 Å². The molecule has 19 heavy (non-hydrogen) atoms. The van der Waals surface area contributed by atoms with Crippen LogP contribution in [0.2, 0.25) is 0 Å². The third kappa shape index (κ3) is 3.41. The summed E-state index contributed by atoms with van der Waals surface area (Å²) in [6, 6.07) is 7.05. The zero-order valence-corrected chi connectivity index (χ0v) is 10.2. The molecule has 4 N–H and O–H groups in total. The van der Waals surface area contributed by atoms with Gasteiger partial charge in [-0.2, -0.15) is 0 Å². The summed E-state index contributed by atoms with van der Waals surface area (Å²) in [4.78, 5) is 19.3. The Kier molecular flexibility index (Phi) is 3.92. The number of ether oxygens (including phenoxy) is 1. The maximum absolute atomic E-state index is 11.3. The number of hydrogen-bond donors (Lipinski definition) is 2. The predicted molar refractivity (Wildman–Crippen MR) is 70.6 cm³/mol. The molecule has 2 aromatic heterocycles. The zero-order chi connectivity index (χ0) is 13.7. The fourth-order valence-electron chi connectivity index (χ4n) is 1.58. The number of primary amides is 1. The fourth-order valence-corrected chi connectivity index (χ4v) is 1.58. The van der Waals surface area contributed by atoms with Crippen molar-refractivity contribution in [3.05, 3.63) is 47.9 Å². The summed E-state index contributed by atoms with van der Waals surface area (Å²) >= 11 is 0. The highest BCUT2D eigenvalue weighted by molar-refractivity contribution is 5.96. The van der Waals surface area contributed by atoms with Gasteiger partial charge in [0.1, 0.15) is 5.82 Å². The molecule has 0 radical (unpaired) electrons. The molecule has 0 unspecified atom stereocenters. The summed E-state index contributed by atoms with van der Waals surface area (Å²) in [5, 5.41) is 0. The van der Waals surface area contributed by atoms with E-state index in [1.54, 1.807) is 6.20 Å². The van der Waals surface area contributed by atoms with Gasteiger partial charge in [0.2, 0.25) is 0 Å². The van der Waals surface area contributed by atoms with Crippen LogP contribution in [0.25, 0.3) is 0 Å². The van der Waals surface area contributed by atoms with Crippen LogP contribution in [0.3, 0.4) is 0 Å². The Morgan fingerprint density at radius 2 is 2.16 bits per heavy atom. The van der Waals surface area contributed by atoms with Crippen molar-refractivity contribution in [1.82, 2.24) is 9.97 Å². The molecule has 0 saturated carbocycles. The fraction of sp³-hybridized carbons (Fsp3) is 0.154. The van der Waals surface area contributed by atoms with Crippen LogP contribution < -0.4 is 16.2 Å². The molecule has 1 amide bonds. The highest BCUT2D eigenvalue weighted by Gasteiger charge is 2.10. The molecular weight excluding hydrogens is 244 g/mol. The molecule has 0 bridgehead atoms. The topological polar surface area (TPSA) is 104 Å². The summed E-state index contributed by atoms with van der Waals surface area (Å²) in [6.45, 7) is 0.378. The number of pyridine rings is 2. The van der Waals surface area contributed by atoms with Crippen molar-refractivity contribution >= 4 is 11.7 Å². The van der Waals surface area contributed by atoms with E-state index in [9.17, 15) is 4.79 Å². The van der Waals surface area contributed by atoms with Crippen molar-refractivity contribution in [1.29, 1.82) is 0 Å². The highest BCUT2D eigenvalue weighted by Crippen LogP contribution is 2.18. The average molecular weight is 258 g/mol. The lowest BCUT2D eigenvalue weighted by Crippen LogP contribution is -2.15. The molecule has 0 aliphatic carbocycles. The molecule has 0 fully saturated rings. The van der Waals surface area contributed by atoms with Gasteiger partial charge in [-0.05, 0) is 18.2 Å². The molecular formula is C13H14N4O2. The maximum atomic E-state index is 11.3. The van der Waals surface area contributed by atoms with Gasteiger partial charge < -0.3 is 16.2 Å². The quantitative estimate of drug-likeness (QED) is 0.824. The number of anilines is 1. The SMILES string of the molecule is NC(=O)c1cc(N)ncc1OCCc1ccccn1. The van der Waals surface area contributed by atoms with E-state index in [4.69, 9.17) is 16.2 Å². The first kappa shape index (κ1) is 12.8. The van der Waals surface area contributed by atoms with Crippen molar-refractivity contribution < 1.29 is 9.53 Å². The Bertz CT molecular complexity index is 572. The summed E-state index contributed by atoms with van der Waals surface area (Å²) in [5.74, 6) is -0.0366. The van der Waals surface area contributed by atoms with Gasteiger partial charge in [0.25, 0.3) is 5.91 Å². The second kappa shape index (κ2) is 5.81. The molecule has 6 heteroatoms. The van der Waals surface area contributed by atoms with E-state index >= 15 is 0 Å². The van der Waals surface area contributed by atoms with E-state index < -0.39 is 5.91 Å². The second-order valence-electron chi connectivity index (χ2n) is 3.89. The van der Waals surface area contributed by atoms with Crippen molar-refractivity contribution in [2.24, 2.45) is 5.73 Å². The van der Waals surface area contributed by atoms with E-state index in [0.717, 1.165) is 5.69 Å². The Hall–Kier alpha value is -2.63. The van der Waals surface area contributed by atoms with Crippen LogP contribution in [0.5, 0.6) is 5.75 Å². The van der Waals surface area contributed by atoms with Crippen molar-refractivity contribution in [2.75, 3.05) is 12.3 Å². The number of nitrogens with zero attached hydrogens (tertiary/aromatic N) is 2. The van der Waals surface area contributed by atoms with Gasteiger partial charge in [0, 0.05) is 18.3 Å². The van der Waals surface area contributed by atoms with Crippen LogP contribution in [0.4, 0.5) is 5.82 Å². The van der Waals surface area contributed by atoms with Gasteiger partial charge in [0.05, 0.1) is 18.4 Å². The number of rotatable bonds is 5. The van der Waals surface area contributed by atoms with Crippen LogP contribution >= 0.6 is 0 Å². The van der Waals surface area contributed by atoms with Gasteiger partial charge in [0.15, 0.2) is 5.75 Å². The lowest BCUT2D eigenvalue weighted by atomic mass is 10.2. The average Bonchev–Trinajstić information content (AvgIpc) is 2.41. The minimum Gasteiger partial charge on any atom is -0.491 e. The minimum absolute atomic E-state index is 0.228. The molecule has 0 atom stereocenters. The third-order valence-corrected chi connectivity index (χ3v) is 2.50. The smallest absolute Gasteiger partial charge is 0.252 e. The van der Waals surface area contributed by atoms with Crippen LogP contribution in [0, 0.1) is 0 Å². The van der Waals surface area contributed by atoms with Crippen molar-refractivity contribution in [3.8, 4) is 5.75 Å². The number of nitrogen functional groups attached to an aromatic ring is 1. The Balaban J connectivity index is 2.02. The predicted octanol–water partition coefficient (Wildman–Crippen LogP) is 0.779. The van der Waals surface area contributed by atoms with Crippen LogP contribution in [0.15, 0.2) is 36.7 Å². The standard InChI is InChI=1S/C13H14N4O2/c14-12-7-10(13(15)18)11(8-17-12)19-6-4-9-3-1-2-5-16-9/h1-3,5,7-8H,4,6H2,(H2,14,17)(H2,15,18).